The molecule has 6 heteroatoms. The number of nitrogens with zero attached hydrogens (tertiary/aromatic N) is 3. The molecule has 1 fully saturated rings. The normalized spacial score (nSPS) is 18.4. The van der Waals surface area contributed by atoms with Gasteiger partial charge in [0.05, 0.1) is 15.2 Å². The summed E-state index contributed by atoms with van der Waals surface area (Å²) in [6.07, 6.45) is 4.63. The molecule has 1 saturated heterocycles. The van der Waals surface area contributed by atoms with Crippen LogP contribution in [0.4, 0.5) is 5.69 Å². The lowest BCUT2D eigenvalue weighted by molar-refractivity contribution is 0.198. The average Bonchev–Trinajstić information content (AvgIpc) is 2.39. The first kappa shape index (κ1) is 13.6. The van der Waals surface area contributed by atoms with Gasteiger partial charge in [-0.25, -0.2) is 6.57 Å². The molecular formula is C12H13BrClN3O. The van der Waals surface area contributed by atoms with Gasteiger partial charge in [-0.1, -0.05) is 11.6 Å². The van der Waals surface area contributed by atoms with E-state index in [1.165, 1.54) is 0 Å². The highest BCUT2D eigenvalue weighted by Gasteiger charge is 2.40. The highest BCUT2D eigenvalue weighted by Crippen LogP contribution is 2.36. The zero-order chi connectivity index (χ0) is 13.2. The Labute approximate surface area is 120 Å². The molecule has 1 N–H and O–H groups in total. The van der Waals surface area contributed by atoms with E-state index in [2.05, 4.69) is 30.7 Å². The summed E-state index contributed by atoms with van der Waals surface area (Å²) >= 11 is 9.60. The molecule has 1 aliphatic rings. The minimum atomic E-state index is -0.609. The van der Waals surface area contributed by atoms with Crippen molar-refractivity contribution in [2.75, 3.05) is 24.6 Å². The minimum Gasteiger partial charge on any atom is -0.388 e. The maximum atomic E-state index is 9.33. The minimum absolute atomic E-state index is 0.0738. The quantitative estimate of drug-likeness (QED) is 0.848. The number of aliphatic hydroxyl groups excluding tert-OH is 1. The monoisotopic (exact) mass is 329 g/mol. The van der Waals surface area contributed by atoms with Crippen LogP contribution >= 0.6 is 27.5 Å². The van der Waals surface area contributed by atoms with Crippen molar-refractivity contribution in [3.05, 3.63) is 33.3 Å². The smallest absolute Gasteiger partial charge is 0.258 e. The van der Waals surface area contributed by atoms with E-state index < -0.39 is 5.54 Å². The Morgan fingerprint density at radius 1 is 1.50 bits per heavy atom. The number of rotatable bonds is 2. The predicted octanol–water partition coefficient (Wildman–Crippen LogP) is 2.75. The summed E-state index contributed by atoms with van der Waals surface area (Å²) in [5, 5.41) is 9.93. The van der Waals surface area contributed by atoms with Crippen LogP contribution in [-0.4, -0.2) is 35.3 Å². The Bertz CT molecular complexity index is 460. The fourth-order valence-electron chi connectivity index (χ4n) is 2.16. The van der Waals surface area contributed by atoms with Crippen molar-refractivity contribution in [3.8, 4) is 0 Å². The fraction of sp³-hybridized carbons (Fsp3) is 0.500. The first-order valence-electron chi connectivity index (χ1n) is 5.65. The topological polar surface area (TPSA) is 40.7 Å². The van der Waals surface area contributed by atoms with Crippen LogP contribution in [0.15, 0.2) is 16.9 Å². The van der Waals surface area contributed by atoms with Gasteiger partial charge < -0.3 is 14.9 Å². The maximum Gasteiger partial charge on any atom is 0.258 e. The molecule has 1 aromatic heterocycles. The summed E-state index contributed by atoms with van der Waals surface area (Å²) in [7, 11) is 0. The second-order valence-electron chi connectivity index (χ2n) is 4.43. The molecule has 0 saturated carbocycles. The van der Waals surface area contributed by atoms with Crippen molar-refractivity contribution < 1.29 is 5.11 Å². The fourth-order valence-corrected chi connectivity index (χ4v) is 3.13. The lowest BCUT2D eigenvalue weighted by Crippen LogP contribution is -2.44. The van der Waals surface area contributed by atoms with Crippen molar-refractivity contribution in [3.63, 3.8) is 0 Å². The van der Waals surface area contributed by atoms with Crippen LogP contribution in [-0.2, 0) is 0 Å². The van der Waals surface area contributed by atoms with Crippen LogP contribution in [0.5, 0.6) is 0 Å². The number of aliphatic hydroxyl groups is 1. The second-order valence-corrected chi connectivity index (χ2v) is 5.69. The molecule has 1 aromatic rings. The van der Waals surface area contributed by atoms with Gasteiger partial charge >= 0.3 is 0 Å². The van der Waals surface area contributed by atoms with Crippen LogP contribution in [0.1, 0.15) is 12.8 Å². The van der Waals surface area contributed by atoms with Crippen molar-refractivity contribution >= 4 is 33.2 Å². The van der Waals surface area contributed by atoms with Gasteiger partial charge in [-0.05, 0) is 15.9 Å². The van der Waals surface area contributed by atoms with Gasteiger partial charge in [0.25, 0.3) is 5.54 Å². The van der Waals surface area contributed by atoms with E-state index in [0.29, 0.717) is 31.0 Å². The second kappa shape index (κ2) is 5.43. The van der Waals surface area contributed by atoms with E-state index in [9.17, 15) is 5.11 Å². The molecule has 2 heterocycles. The van der Waals surface area contributed by atoms with E-state index in [4.69, 9.17) is 18.2 Å². The summed E-state index contributed by atoms with van der Waals surface area (Å²) < 4.78 is 0.856. The Balaban J connectivity index is 2.18. The molecule has 0 radical (unpaired) electrons. The van der Waals surface area contributed by atoms with Crippen molar-refractivity contribution in [2.45, 2.75) is 18.4 Å². The summed E-state index contributed by atoms with van der Waals surface area (Å²) in [5.41, 5.74) is 0.311. The largest absolute Gasteiger partial charge is 0.388 e. The number of aromatic nitrogens is 1. The van der Waals surface area contributed by atoms with Crippen LogP contribution < -0.4 is 4.90 Å². The van der Waals surface area contributed by atoms with Crippen LogP contribution in [0.3, 0.4) is 0 Å². The molecule has 4 nitrogen and oxygen atoms in total. The predicted molar refractivity (Wildman–Crippen MR) is 74.8 cm³/mol. The number of piperidine rings is 1. The summed E-state index contributed by atoms with van der Waals surface area (Å²) in [5.74, 6) is 0. The van der Waals surface area contributed by atoms with Gasteiger partial charge in [0.15, 0.2) is 0 Å². The number of hydrogen-bond acceptors (Lipinski definition) is 3. The first-order valence-corrected chi connectivity index (χ1v) is 6.82. The maximum absolute atomic E-state index is 9.33. The molecule has 1 aliphatic heterocycles. The zero-order valence-electron chi connectivity index (χ0n) is 9.74. The third-order valence-electron chi connectivity index (χ3n) is 3.37. The molecule has 0 aliphatic carbocycles. The molecule has 0 unspecified atom stereocenters. The zero-order valence-corrected chi connectivity index (χ0v) is 12.1. The van der Waals surface area contributed by atoms with E-state index in [1.807, 2.05) is 0 Å². The molecule has 96 valence electrons. The van der Waals surface area contributed by atoms with E-state index >= 15 is 0 Å². The third-order valence-corrected chi connectivity index (χ3v) is 4.23. The van der Waals surface area contributed by atoms with Crippen LogP contribution in [0.25, 0.3) is 4.85 Å². The van der Waals surface area contributed by atoms with E-state index in [-0.39, 0.29) is 6.61 Å². The van der Waals surface area contributed by atoms with Gasteiger partial charge in [-0.15, -0.1) is 0 Å². The molecule has 0 atom stereocenters. The molecule has 0 amide bonds. The Morgan fingerprint density at radius 2 is 2.17 bits per heavy atom. The summed E-state index contributed by atoms with van der Waals surface area (Å²) in [4.78, 5) is 9.73. The highest BCUT2D eigenvalue weighted by atomic mass is 79.9. The Kier molecular flexibility index (Phi) is 4.10. The first-order chi connectivity index (χ1) is 8.62. The lowest BCUT2D eigenvalue weighted by atomic mass is 9.89. The number of pyridine rings is 1. The van der Waals surface area contributed by atoms with Crippen molar-refractivity contribution in [2.24, 2.45) is 0 Å². The van der Waals surface area contributed by atoms with Crippen molar-refractivity contribution in [1.29, 1.82) is 0 Å². The van der Waals surface area contributed by atoms with Crippen LogP contribution in [0.2, 0.25) is 5.02 Å². The number of hydrogen-bond donors (Lipinski definition) is 1. The van der Waals surface area contributed by atoms with Gasteiger partial charge in [0.1, 0.15) is 6.61 Å². The Hall–Kier alpha value is -0.830. The van der Waals surface area contributed by atoms with Gasteiger partial charge in [0.2, 0.25) is 0 Å². The Morgan fingerprint density at radius 3 is 2.67 bits per heavy atom. The number of anilines is 1. The standard InChI is InChI=1S/C12H13BrClN3O/c1-15-12(8-18)2-4-17(5-3-12)11-9(13)6-16-7-10(11)14/h6-7,18H,2-5,8H2. The molecule has 0 spiro atoms. The highest BCUT2D eigenvalue weighted by molar-refractivity contribution is 9.10. The average molecular weight is 331 g/mol. The lowest BCUT2D eigenvalue weighted by Gasteiger charge is -2.35. The van der Waals surface area contributed by atoms with Gasteiger partial charge in [0, 0.05) is 38.3 Å². The van der Waals surface area contributed by atoms with E-state index in [0.717, 1.165) is 10.2 Å². The molecule has 0 aromatic carbocycles. The van der Waals surface area contributed by atoms with Gasteiger partial charge in [-0.2, -0.15) is 0 Å². The van der Waals surface area contributed by atoms with Crippen molar-refractivity contribution in [1.82, 2.24) is 4.98 Å². The van der Waals surface area contributed by atoms with Gasteiger partial charge in [-0.3, -0.25) is 4.98 Å². The van der Waals surface area contributed by atoms with Crippen LogP contribution in [0, 0.1) is 6.57 Å². The molecule has 18 heavy (non-hydrogen) atoms. The molecule has 2 rings (SSSR count). The SMILES string of the molecule is [C-]#[N+]C1(CO)CCN(c2c(Cl)cncc2Br)CC1. The summed E-state index contributed by atoms with van der Waals surface area (Å²) in [6, 6.07) is 0. The van der Waals surface area contributed by atoms with E-state index in [1.54, 1.807) is 12.4 Å². The third kappa shape index (κ3) is 2.46. The molecule has 0 bridgehead atoms. The molecular weight excluding hydrogens is 318 g/mol. The number of halogens is 2. The summed E-state index contributed by atoms with van der Waals surface area (Å²) in [6.45, 7) is 8.55.